The average molecular weight is 266 g/mol. The summed E-state index contributed by atoms with van der Waals surface area (Å²) in [5.41, 5.74) is 0.000435. The fraction of sp³-hybridized carbons (Fsp3) is 0.800. The number of fused-ring (bicyclic) bond motifs is 1. The molecule has 1 heterocycles. The van der Waals surface area contributed by atoms with E-state index in [1.54, 1.807) is 0 Å². The van der Waals surface area contributed by atoms with Crippen molar-refractivity contribution in [2.24, 2.45) is 11.3 Å². The molecule has 0 saturated carbocycles. The Labute approximate surface area is 112 Å². The lowest BCUT2D eigenvalue weighted by atomic mass is 9.65. The summed E-state index contributed by atoms with van der Waals surface area (Å²) in [7, 11) is -1.36. The smallest absolute Gasteiger partial charge is 0.314 e. The van der Waals surface area contributed by atoms with E-state index in [2.05, 4.69) is 39.6 Å². The Morgan fingerprint density at radius 3 is 2.56 bits per heavy atom. The molecule has 0 aromatic carbocycles. The Bertz CT molecular complexity index is 380. The molecular weight excluding hydrogens is 240 g/mol. The fourth-order valence-electron chi connectivity index (χ4n) is 3.33. The summed E-state index contributed by atoms with van der Waals surface area (Å²) in [5, 5.41) is 1.41. The molecule has 0 aromatic rings. The van der Waals surface area contributed by atoms with E-state index >= 15 is 0 Å². The molecule has 0 aromatic heterocycles. The van der Waals surface area contributed by atoms with E-state index in [1.165, 1.54) is 24.5 Å². The van der Waals surface area contributed by atoms with Gasteiger partial charge in [-0.25, -0.2) is 0 Å². The zero-order chi connectivity index (χ0) is 13.6. The molecule has 0 bridgehead atoms. The van der Waals surface area contributed by atoms with E-state index in [1.807, 2.05) is 0 Å². The second-order valence-corrected chi connectivity index (χ2v) is 12.1. The van der Waals surface area contributed by atoms with Crippen LogP contribution in [-0.2, 0) is 9.53 Å². The van der Waals surface area contributed by atoms with Gasteiger partial charge in [0.25, 0.3) is 0 Å². The summed E-state index contributed by atoms with van der Waals surface area (Å²) in [4.78, 5) is 12.1. The van der Waals surface area contributed by atoms with Gasteiger partial charge >= 0.3 is 5.97 Å². The molecule has 0 unspecified atom stereocenters. The molecule has 1 aliphatic heterocycles. The predicted octanol–water partition coefficient (Wildman–Crippen LogP) is 3.93. The maximum absolute atomic E-state index is 12.1. The first kappa shape index (κ1) is 13.8. The number of esters is 1. The molecule has 3 atom stereocenters. The summed E-state index contributed by atoms with van der Waals surface area (Å²) in [6, 6.07) is 0. The molecule has 1 fully saturated rings. The normalized spacial score (nSPS) is 34.7. The first-order chi connectivity index (χ1) is 8.30. The minimum Gasteiger partial charge on any atom is -0.461 e. The van der Waals surface area contributed by atoms with Gasteiger partial charge in [-0.1, -0.05) is 57.6 Å². The molecule has 3 heteroatoms. The molecule has 0 N–H and O–H groups in total. The third-order valence-electron chi connectivity index (χ3n) is 4.52. The van der Waals surface area contributed by atoms with Gasteiger partial charge in [-0.05, 0) is 12.8 Å². The van der Waals surface area contributed by atoms with Gasteiger partial charge in [0.15, 0.2) is 0 Å². The van der Waals surface area contributed by atoms with Gasteiger partial charge in [0.05, 0.1) is 14.0 Å². The topological polar surface area (TPSA) is 26.3 Å². The molecule has 2 nitrogen and oxygen atoms in total. The van der Waals surface area contributed by atoms with Crippen LogP contribution in [0.1, 0.15) is 39.5 Å². The van der Waals surface area contributed by atoms with Crippen molar-refractivity contribution in [2.45, 2.75) is 65.3 Å². The van der Waals surface area contributed by atoms with Crippen LogP contribution in [0.25, 0.3) is 0 Å². The van der Waals surface area contributed by atoms with Crippen molar-refractivity contribution in [3.05, 3.63) is 11.3 Å². The number of hydrogen-bond donors (Lipinski definition) is 0. The summed E-state index contributed by atoms with van der Waals surface area (Å²) < 4.78 is 5.65. The Morgan fingerprint density at radius 2 is 2.00 bits per heavy atom. The lowest BCUT2D eigenvalue weighted by Crippen LogP contribution is -2.48. The van der Waals surface area contributed by atoms with Crippen LogP contribution in [0.5, 0.6) is 0 Å². The van der Waals surface area contributed by atoms with Gasteiger partial charge in [-0.3, -0.25) is 4.79 Å². The quantitative estimate of drug-likeness (QED) is 0.428. The molecule has 2 aliphatic rings. The van der Waals surface area contributed by atoms with Crippen LogP contribution >= 0.6 is 0 Å². The monoisotopic (exact) mass is 266 g/mol. The maximum Gasteiger partial charge on any atom is 0.314 e. The molecular formula is C15H26O2Si. The number of rotatable bonds is 5. The highest BCUT2D eigenvalue weighted by Crippen LogP contribution is 2.57. The molecule has 102 valence electrons. The van der Waals surface area contributed by atoms with Gasteiger partial charge in [0.1, 0.15) is 6.10 Å². The van der Waals surface area contributed by atoms with E-state index in [0.29, 0.717) is 0 Å². The van der Waals surface area contributed by atoms with Crippen LogP contribution < -0.4 is 0 Å². The van der Waals surface area contributed by atoms with Crippen molar-refractivity contribution in [1.29, 1.82) is 0 Å². The Balaban J connectivity index is 2.12. The van der Waals surface area contributed by atoms with Crippen LogP contribution in [0.2, 0.25) is 19.6 Å². The standard InChI is InChI=1S/C15H26O2Si/c1-6-7-8-9-12-15(2)10-11(18(3,4)5)13(15)14(16)17-12/h10,12-13H,6-9H2,1-5H3/t12-,13+,15-/m1/s1. The number of carbonyl (C=O) groups excluding carboxylic acids is 1. The predicted molar refractivity (Wildman–Crippen MR) is 77.0 cm³/mol. The summed E-state index contributed by atoms with van der Waals surface area (Å²) in [6.45, 7) is 11.4. The van der Waals surface area contributed by atoms with Crippen LogP contribution in [-0.4, -0.2) is 20.1 Å². The first-order valence-electron chi connectivity index (χ1n) is 7.24. The Hall–Kier alpha value is -0.573. The summed E-state index contributed by atoms with van der Waals surface area (Å²) in [5.74, 6) is 0.120. The Morgan fingerprint density at radius 1 is 1.33 bits per heavy atom. The highest BCUT2D eigenvalue weighted by molar-refractivity contribution is 6.83. The van der Waals surface area contributed by atoms with Crippen molar-refractivity contribution < 1.29 is 9.53 Å². The highest BCUT2D eigenvalue weighted by Gasteiger charge is 2.61. The Kier molecular flexibility index (Phi) is 3.47. The van der Waals surface area contributed by atoms with Gasteiger partial charge in [0, 0.05) is 5.41 Å². The zero-order valence-corrected chi connectivity index (χ0v) is 13.4. The number of cyclic esters (lactones) is 1. The lowest BCUT2D eigenvalue weighted by molar-refractivity contribution is -0.143. The molecule has 2 rings (SSSR count). The number of unbranched alkanes of at least 4 members (excludes halogenated alkanes) is 2. The molecule has 0 radical (unpaired) electrons. The van der Waals surface area contributed by atoms with E-state index in [9.17, 15) is 4.79 Å². The minimum atomic E-state index is -1.36. The largest absolute Gasteiger partial charge is 0.461 e. The fourth-order valence-corrected chi connectivity index (χ4v) is 5.37. The van der Waals surface area contributed by atoms with Crippen molar-refractivity contribution in [1.82, 2.24) is 0 Å². The van der Waals surface area contributed by atoms with E-state index < -0.39 is 8.07 Å². The highest BCUT2D eigenvalue weighted by atomic mass is 28.3. The van der Waals surface area contributed by atoms with E-state index in [-0.39, 0.29) is 23.4 Å². The zero-order valence-electron chi connectivity index (χ0n) is 12.4. The van der Waals surface area contributed by atoms with Crippen LogP contribution in [0.4, 0.5) is 0 Å². The second kappa shape index (κ2) is 4.51. The summed E-state index contributed by atoms with van der Waals surface area (Å²) >= 11 is 0. The molecule has 1 saturated heterocycles. The number of ether oxygens (including phenoxy) is 1. The number of carbonyl (C=O) groups is 1. The molecule has 0 amide bonds. The average Bonchev–Trinajstić information content (AvgIpc) is 2.38. The summed E-state index contributed by atoms with van der Waals surface area (Å²) in [6.07, 6.45) is 7.15. The van der Waals surface area contributed by atoms with Crippen molar-refractivity contribution >= 4 is 14.0 Å². The molecule has 18 heavy (non-hydrogen) atoms. The molecule has 1 aliphatic carbocycles. The van der Waals surface area contributed by atoms with Crippen LogP contribution in [0.3, 0.4) is 0 Å². The second-order valence-electron chi connectivity index (χ2n) is 7.07. The SMILES string of the molecule is CCCCC[C@H]1OC(=O)[C@@H]2C([Si](C)(C)C)=C[C@@]21C. The minimum absolute atomic E-state index is 0.000435. The van der Waals surface area contributed by atoms with Gasteiger partial charge in [-0.15, -0.1) is 0 Å². The van der Waals surface area contributed by atoms with Crippen molar-refractivity contribution in [2.75, 3.05) is 0 Å². The van der Waals surface area contributed by atoms with E-state index in [0.717, 1.165) is 6.42 Å². The van der Waals surface area contributed by atoms with Crippen molar-refractivity contribution in [3.8, 4) is 0 Å². The third-order valence-corrected chi connectivity index (χ3v) is 6.69. The van der Waals surface area contributed by atoms with Crippen molar-refractivity contribution in [3.63, 3.8) is 0 Å². The van der Waals surface area contributed by atoms with Crippen LogP contribution in [0, 0.1) is 11.3 Å². The molecule has 0 spiro atoms. The number of hydrogen-bond acceptors (Lipinski definition) is 2. The first-order valence-corrected chi connectivity index (χ1v) is 10.7. The third kappa shape index (κ3) is 2.07. The lowest BCUT2D eigenvalue weighted by Gasteiger charge is -2.44. The van der Waals surface area contributed by atoms with Gasteiger partial charge in [0.2, 0.25) is 0 Å². The van der Waals surface area contributed by atoms with Crippen LogP contribution in [0.15, 0.2) is 11.3 Å². The maximum atomic E-state index is 12.1. The van der Waals surface area contributed by atoms with E-state index in [4.69, 9.17) is 4.74 Å². The van der Waals surface area contributed by atoms with Gasteiger partial charge in [-0.2, -0.15) is 0 Å². The van der Waals surface area contributed by atoms with Gasteiger partial charge < -0.3 is 4.74 Å².